The number of nitrogens with one attached hydrogen (secondary N) is 1. The highest BCUT2D eigenvalue weighted by atomic mass is 32.2. The fourth-order valence-electron chi connectivity index (χ4n) is 2.54. The van der Waals surface area contributed by atoms with Gasteiger partial charge in [0.2, 0.25) is 15.9 Å². The molecule has 2 rings (SSSR count). The van der Waals surface area contributed by atoms with Gasteiger partial charge in [-0.3, -0.25) is 4.79 Å². The molecular weight excluding hydrogens is 382 g/mol. The quantitative estimate of drug-likeness (QED) is 0.448. The number of thiazole rings is 1. The fourth-order valence-corrected chi connectivity index (χ4v) is 4.95. The minimum absolute atomic E-state index is 0.0708. The Morgan fingerprint density at radius 3 is 2.59 bits per heavy atom. The second-order valence-electron chi connectivity index (χ2n) is 6.05. The standard InChI is InChI=1S/C19H25N3O3S2/c1-4-7-8-9-18(23)21-19-20-16-11-10-15(14-17(16)26-19)27(24,25)22(12-5-2)13-6-3/h5-6,10-11,14H,2-4,7-9,12-13H2,1H3,(H,20,21,23). The summed E-state index contributed by atoms with van der Waals surface area (Å²) in [5, 5.41) is 3.28. The second kappa shape index (κ2) is 9.77. The number of hydrogen-bond acceptors (Lipinski definition) is 5. The predicted octanol–water partition coefficient (Wildman–Crippen LogP) is 4.18. The van der Waals surface area contributed by atoms with Gasteiger partial charge in [-0.25, -0.2) is 13.4 Å². The Hall–Kier alpha value is -2.03. The molecule has 1 aromatic heterocycles. The molecule has 0 aliphatic carbocycles. The van der Waals surface area contributed by atoms with Crippen LogP contribution in [0.2, 0.25) is 0 Å². The first kappa shape index (κ1) is 21.3. The van der Waals surface area contributed by atoms with Crippen LogP contribution in [0.1, 0.15) is 32.6 Å². The molecule has 146 valence electrons. The zero-order valence-electron chi connectivity index (χ0n) is 15.5. The molecule has 1 heterocycles. The Kier molecular flexibility index (Phi) is 7.70. The molecule has 6 nitrogen and oxygen atoms in total. The van der Waals surface area contributed by atoms with Gasteiger partial charge in [0, 0.05) is 19.5 Å². The van der Waals surface area contributed by atoms with Crippen LogP contribution < -0.4 is 5.32 Å². The number of aromatic nitrogens is 1. The summed E-state index contributed by atoms with van der Waals surface area (Å²) in [6.07, 6.45) is 6.46. The van der Waals surface area contributed by atoms with E-state index < -0.39 is 10.0 Å². The number of unbranched alkanes of at least 4 members (excludes halogenated alkanes) is 2. The summed E-state index contributed by atoms with van der Waals surface area (Å²) in [5.41, 5.74) is 0.654. The van der Waals surface area contributed by atoms with Crippen molar-refractivity contribution in [2.75, 3.05) is 18.4 Å². The van der Waals surface area contributed by atoms with Crippen molar-refractivity contribution in [2.24, 2.45) is 0 Å². The van der Waals surface area contributed by atoms with Gasteiger partial charge in [0.1, 0.15) is 0 Å². The van der Waals surface area contributed by atoms with Crippen molar-refractivity contribution < 1.29 is 13.2 Å². The number of fused-ring (bicyclic) bond motifs is 1. The summed E-state index contributed by atoms with van der Waals surface area (Å²) < 4.78 is 27.7. The van der Waals surface area contributed by atoms with Crippen molar-refractivity contribution in [3.63, 3.8) is 0 Å². The molecule has 0 saturated carbocycles. The first-order valence-electron chi connectivity index (χ1n) is 8.84. The molecule has 0 radical (unpaired) electrons. The third-order valence-electron chi connectivity index (χ3n) is 3.92. The lowest BCUT2D eigenvalue weighted by Crippen LogP contribution is -2.31. The maximum absolute atomic E-state index is 12.8. The topological polar surface area (TPSA) is 79.4 Å². The van der Waals surface area contributed by atoms with Crippen LogP contribution in [0.25, 0.3) is 10.2 Å². The highest BCUT2D eigenvalue weighted by molar-refractivity contribution is 7.89. The molecule has 1 N–H and O–H groups in total. The van der Waals surface area contributed by atoms with E-state index in [-0.39, 0.29) is 23.9 Å². The molecule has 0 aliphatic heterocycles. The molecule has 1 amide bonds. The average molecular weight is 408 g/mol. The van der Waals surface area contributed by atoms with Crippen LogP contribution in [-0.4, -0.2) is 36.7 Å². The Bertz CT molecular complexity index is 909. The maximum Gasteiger partial charge on any atom is 0.243 e. The van der Waals surface area contributed by atoms with Crippen molar-refractivity contribution in [3.05, 3.63) is 43.5 Å². The normalized spacial score (nSPS) is 11.6. The van der Waals surface area contributed by atoms with Crippen LogP contribution >= 0.6 is 11.3 Å². The first-order valence-corrected chi connectivity index (χ1v) is 11.1. The lowest BCUT2D eigenvalue weighted by Gasteiger charge is -2.18. The molecule has 1 aromatic carbocycles. The van der Waals surface area contributed by atoms with Crippen LogP contribution in [0.15, 0.2) is 48.4 Å². The number of amides is 1. The summed E-state index contributed by atoms with van der Waals surface area (Å²) in [7, 11) is -3.66. The van der Waals surface area contributed by atoms with Crippen LogP contribution in [0, 0.1) is 0 Å². The van der Waals surface area contributed by atoms with Gasteiger partial charge in [0.05, 0.1) is 15.1 Å². The van der Waals surface area contributed by atoms with Crippen LogP contribution in [0.4, 0.5) is 5.13 Å². The fraction of sp³-hybridized carbons (Fsp3) is 0.368. The molecule has 2 aromatic rings. The van der Waals surface area contributed by atoms with Gasteiger partial charge >= 0.3 is 0 Å². The number of carbonyl (C=O) groups excluding carboxylic acids is 1. The van der Waals surface area contributed by atoms with E-state index in [1.165, 1.54) is 21.7 Å². The second-order valence-corrected chi connectivity index (χ2v) is 9.02. The van der Waals surface area contributed by atoms with Gasteiger partial charge < -0.3 is 5.32 Å². The van der Waals surface area contributed by atoms with E-state index in [4.69, 9.17) is 0 Å². The minimum atomic E-state index is -3.66. The number of rotatable bonds is 11. The molecule has 8 heteroatoms. The summed E-state index contributed by atoms with van der Waals surface area (Å²) in [4.78, 5) is 16.5. The molecule has 0 bridgehead atoms. The van der Waals surface area contributed by atoms with E-state index in [0.717, 1.165) is 19.3 Å². The van der Waals surface area contributed by atoms with Crippen molar-refractivity contribution in [1.82, 2.24) is 9.29 Å². The number of sulfonamides is 1. The summed E-state index contributed by atoms with van der Waals surface area (Å²) >= 11 is 1.27. The lowest BCUT2D eigenvalue weighted by molar-refractivity contribution is -0.116. The molecular formula is C19H25N3O3S2. The summed E-state index contributed by atoms with van der Waals surface area (Å²) in [5.74, 6) is -0.0708. The van der Waals surface area contributed by atoms with Crippen molar-refractivity contribution in [1.29, 1.82) is 0 Å². The van der Waals surface area contributed by atoms with E-state index in [2.05, 4.69) is 30.4 Å². The average Bonchev–Trinajstić information content (AvgIpc) is 3.03. The van der Waals surface area contributed by atoms with Gasteiger partial charge in [-0.1, -0.05) is 43.3 Å². The predicted molar refractivity (Wildman–Crippen MR) is 112 cm³/mol. The highest BCUT2D eigenvalue weighted by Gasteiger charge is 2.23. The third-order valence-corrected chi connectivity index (χ3v) is 6.68. The molecule has 27 heavy (non-hydrogen) atoms. The minimum Gasteiger partial charge on any atom is -0.302 e. The van der Waals surface area contributed by atoms with Crippen LogP contribution in [0.3, 0.4) is 0 Å². The van der Waals surface area contributed by atoms with E-state index in [1.807, 2.05) is 0 Å². The number of hydrogen-bond donors (Lipinski definition) is 1. The summed E-state index contributed by atoms with van der Waals surface area (Å²) in [6.45, 7) is 9.71. The Morgan fingerprint density at radius 1 is 1.26 bits per heavy atom. The number of benzene rings is 1. The monoisotopic (exact) mass is 407 g/mol. The smallest absolute Gasteiger partial charge is 0.243 e. The van der Waals surface area contributed by atoms with E-state index in [1.54, 1.807) is 24.3 Å². The summed E-state index contributed by atoms with van der Waals surface area (Å²) in [6, 6.07) is 4.78. The van der Waals surface area contributed by atoms with Gasteiger partial charge in [-0.05, 0) is 24.6 Å². The van der Waals surface area contributed by atoms with Gasteiger partial charge in [-0.2, -0.15) is 4.31 Å². The third kappa shape index (κ3) is 5.47. The lowest BCUT2D eigenvalue weighted by atomic mass is 10.2. The zero-order valence-corrected chi connectivity index (χ0v) is 17.1. The van der Waals surface area contributed by atoms with Crippen molar-refractivity contribution in [3.8, 4) is 0 Å². The van der Waals surface area contributed by atoms with Gasteiger partial charge in [0.25, 0.3) is 0 Å². The maximum atomic E-state index is 12.8. The van der Waals surface area contributed by atoms with Crippen molar-refractivity contribution in [2.45, 2.75) is 37.5 Å². The van der Waals surface area contributed by atoms with E-state index in [0.29, 0.717) is 21.8 Å². The number of anilines is 1. The first-order chi connectivity index (χ1) is 12.9. The molecule has 0 atom stereocenters. The number of nitrogens with zero attached hydrogens (tertiary/aromatic N) is 2. The van der Waals surface area contributed by atoms with E-state index >= 15 is 0 Å². The largest absolute Gasteiger partial charge is 0.302 e. The van der Waals surface area contributed by atoms with Crippen molar-refractivity contribution >= 4 is 42.6 Å². The van der Waals surface area contributed by atoms with Gasteiger partial charge in [-0.15, -0.1) is 13.2 Å². The molecule has 0 aliphatic rings. The zero-order chi connectivity index (χ0) is 19.9. The van der Waals surface area contributed by atoms with Crippen LogP contribution in [-0.2, 0) is 14.8 Å². The Labute approximate surface area is 164 Å². The Balaban J connectivity index is 2.23. The number of carbonyl (C=O) groups is 1. The molecule has 0 unspecified atom stereocenters. The van der Waals surface area contributed by atoms with Gasteiger partial charge in [0.15, 0.2) is 5.13 Å². The molecule has 0 spiro atoms. The van der Waals surface area contributed by atoms with Crippen LogP contribution in [0.5, 0.6) is 0 Å². The SMILES string of the molecule is C=CCN(CC=C)S(=O)(=O)c1ccc2nc(NC(=O)CCCCC)sc2c1. The molecule has 0 saturated heterocycles. The van der Waals surface area contributed by atoms with E-state index in [9.17, 15) is 13.2 Å². The Morgan fingerprint density at radius 2 is 1.96 bits per heavy atom. The highest BCUT2D eigenvalue weighted by Crippen LogP contribution is 2.29. The molecule has 0 fully saturated rings.